The molecule has 18 heavy (non-hydrogen) atoms. The first kappa shape index (κ1) is 13.9. The molecule has 0 atom stereocenters. The fourth-order valence-corrected chi connectivity index (χ4v) is 2.51. The molecular formula is C13H10Br2ClNO. The van der Waals surface area contributed by atoms with Gasteiger partial charge in [-0.2, -0.15) is 0 Å². The number of hydrogen-bond acceptors (Lipinski definition) is 2. The zero-order valence-electron chi connectivity index (χ0n) is 9.29. The highest BCUT2D eigenvalue weighted by atomic mass is 79.9. The Hall–Kier alpha value is -0.550. The van der Waals surface area contributed by atoms with Crippen LogP contribution in [0.25, 0.3) is 0 Å². The summed E-state index contributed by atoms with van der Waals surface area (Å²) in [6.45, 7) is 0.391. The third-order valence-electron chi connectivity index (χ3n) is 2.39. The van der Waals surface area contributed by atoms with Gasteiger partial charge < -0.3 is 10.5 Å². The van der Waals surface area contributed by atoms with Crippen LogP contribution in [0.3, 0.4) is 0 Å². The van der Waals surface area contributed by atoms with Crippen molar-refractivity contribution in [1.82, 2.24) is 0 Å². The van der Waals surface area contributed by atoms with Crippen LogP contribution in [0.15, 0.2) is 45.3 Å². The van der Waals surface area contributed by atoms with Crippen molar-refractivity contribution in [2.24, 2.45) is 5.73 Å². The molecule has 94 valence electrons. The van der Waals surface area contributed by atoms with Gasteiger partial charge in [0, 0.05) is 21.1 Å². The average molecular weight is 391 g/mol. The van der Waals surface area contributed by atoms with E-state index in [9.17, 15) is 0 Å². The highest BCUT2D eigenvalue weighted by Crippen LogP contribution is 2.35. The van der Waals surface area contributed by atoms with Crippen LogP contribution in [0.5, 0.6) is 11.5 Å². The Balaban J connectivity index is 2.40. The first-order valence-electron chi connectivity index (χ1n) is 5.22. The van der Waals surface area contributed by atoms with E-state index in [2.05, 4.69) is 31.9 Å². The minimum atomic E-state index is 0.391. The zero-order valence-corrected chi connectivity index (χ0v) is 13.2. The normalized spacial score (nSPS) is 10.4. The number of ether oxygens (including phenoxy) is 1. The van der Waals surface area contributed by atoms with Crippen LogP contribution < -0.4 is 10.5 Å². The van der Waals surface area contributed by atoms with Crippen molar-refractivity contribution in [2.45, 2.75) is 6.54 Å². The molecule has 2 aromatic rings. The predicted molar refractivity (Wildman–Crippen MR) is 81.3 cm³/mol. The number of rotatable bonds is 3. The van der Waals surface area contributed by atoms with E-state index in [-0.39, 0.29) is 0 Å². The summed E-state index contributed by atoms with van der Waals surface area (Å²) in [5.41, 5.74) is 6.63. The van der Waals surface area contributed by atoms with Crippen LogP contribution in [0.2, 0.25) is 5.02 Å². The molecule has 2 aromatic carbocycles. The minimum absolute atomic E-state index is 0.391. The van der Waals surface area contributed by atoms with Crippen LogP contribution >= 0.6 is 43.5 Å². The van der Waals surface area contributed by atoms with Gasteiger partial charge in [-0.1, -0.05) is 49.5 Å². The second-order valence-electron chi connectivity index (χ2n) is 3.60. The van der Waals surface area contributed by atoms with Gasteiger partial charge in [0.25, 0.3) is 0 Å². The summed E-state index contributed by atoms with van der Waals surface area (Å²) in [6, 6.07) is 11.1. The first-order chi connectivity index (χ1) is 8.61. The molecule has 2 rings (SSSR count). The second kappa shape index (κ2) is 6.06. The SMILES string of the molecule is NCc1c(Br)cccc1Oc1cc(Br)ccc1Cl. The van der Waals surface area contributed by atoms with Gasteiger partial charge in [-0.05, 0) is 30.3 Å². The number of benzene rings is 2. The fourth-order valence-electron chi connectivity index (χ4n) is 1.51. The Morgan fingerprint density at radius 3 is 2.61 bits per heavy atom. The van der Waals surface area contributed by atoms with Gasteiger partial charge in [0.15, 0.2) is 0 Å². The molecule has 0 bridgehead atoms. The quantitative estimate of drug-likeness (QED) is 0.789. The van der Waals surface area contributed by atoms with Gasteiger partial charge in [0.05, 0.1) is 5.02 Å². The zero-order chi connectivity index (χ0) is 13.1. The molecule has 0 heterocycles. The number of halogens is 3. The Morgan fingerprint density at radius 1 is 1.11 bits per heavy atom. The molecule has 2 N–H and O–H groups in total. The van der Waals surface area contributed by atoms with E-state index < -0.39 is 0 Å². The third-order valence-corrected chi connectivity index (χ3v) is 3.94. The minimum Gasteiger partial charge on any atom is -0.455 e. The molecule has 0 aromatic heterocycles. The van der Waals surface area contributed by atoms with E-state index in [0.29, 0.717) is 23.1 Å². The molecule has 0 aliphatic heterocycles. The lowest BCUT2D eigenvalue weighted by molar-refractivity contribution is 0.476. The summed E-state index contributed by atoms with van der Waals surface area (Å²) in [7, 11) is 0. The second-order valence-corrected chi connectivity index (χ2v) is 5.77. The Labute approximate surface area is 127 Å². The largest absolute Gasteiger partial charge is 0.455 e. The van der Waals surface area contributed by atoms with Crippen molar-refractivity contribution in [3.8, 4) is 11.5 Å². The lowest BCUT2D eigenvalue weighted by atomic mass is 10.2. The Morgan fingerprint density at radius 2 is 1.89 bits per heavy atom. The van der Waals surface area contributed by atoms with Gasteiger partial charge in [-0.15, -0.1) is 0 Å². The molecule has 0 unspecified atom stereocenters. The molecule has 0 saturated carbocycles. The van der Waals surface area contributed by atoms with Crippen LogP contribution in [0, 0.1) is 0 Å². The van der Waals surface area contributed by atoms with Crippen LogP contribution in [0.4, 0.5) is 0 Å². The highest BCUT2D eigenvalue weighted by Gasteiger charge is 2.09. The average Bonchev–Trinajstić information content (AvgIpc) is 2.34. The van der Waals surface area contributed by atoms with Crippen molar-refractivity contribution < 1.29 is 4.74 Å². The van der Waals surface area contributed by atoms with Crippen LogP contribution in [-0.2, 0) is 6.54 Å². The molecule has 0 fully saturated rings. The molecule has 0 radical (unpaired) electrons. The third kappa shape index (κ3) is 3.06. The van der Waals surface area contributed by atoms with Gasteiger partial charge >= 0.3 is 0 Å². The molecule has 0 amide bonds. The molecule has 0 saturated heterocycles. The Kier molecular flexibility index (Phi) is 4.67. The van der Waals surface area contributed by atoms with E-state index in [1.165, 1.54) is 0 Å². The highest BCUT2D eigenvalue weighted by molar-refractivity contribution is 9.10. The summed E-state index contributed by atoms with van der Waals surface area (Å²) < 4.78 is 7.65. The van der Waals surface area contributed by atoms with E-state index in [0.717, 1.165) is 14.5 Å². The molecular weight excluding hydrogens is 381 g/mol. The maximum absolute atomic E-state index is 6.09. The van der Waals surface area contributed by atoms with Crippen LogP contribution in [-0.4, -0.2) is 0 Å². The molecule has 2 nitrogen and oxygen atoms in total. The standard InChI is InChI=1S/C13H10Br2ClNO/c14-8-4-5-11(16)13(6-8)18-12-3-1-2-10(15)9(12)7-17/h1-6H,7,17H2. The van der Waals surface area contributed by atoms with Gasteiger partial charge in [-0.25, -0.2) is 0 Å². The Bertz CT molecular complexity index is 575. The monoisotopic (exact) mass is 389 g/mol. The summed E-state index contributed by atoms with van der Waals surface area (Å²) in [6.07, 6.45) is 0. The molecule has 0 aliphatic rings. The topological polar surface area (TPSA) is 35.2 Å². The fraction of sp³-hybridized carbons (Fsp3) is 0.0769. The number of nitrogens with two attached hydrogens (primary N) is 1. The van der Waals surface area contributed by atoms with Crippen LogP contribution in [0.1, 0.15) is 5.56 Å². The van der Waals surface area contributed by atoms with Crippen molar-refractivity contribution in [3.05, 3.63) is 55.9 Å². The first-order valence-corrected chi connectivity index (χ1v) is 7.18. The summed E-state index contributed by atoms with van der Waals surface area (Å²) >= 11 is 12.9. The molecule has 0 aliphatic carbocycles. The van der Waals surface area contributed by atoms with E-state index in [1.807, 2.05) is 30.3 Å². The van der Waals surface area contributed by atoms with Gasteiger partial charge in [-0.3, -0.25) is 0 Å². The molecule has 0 spiro atoms. The van der Waals surface area contributed by atoms with Crippen molar-refractivity contribution >= 4 is 43.5 Å². The van der Waals surface area contributed by atoms with E-state index in [4.69, 9.17) is 22.1 Å². The van der Waals surface area contributed by atoms with E-state index in [1.54, 1.807) is 6.07 Å². The van der Waals surface area contributed by atoms with Crippen molar-refractivity contribution in [1.29, 1.82) is 0 Å². The van der Waals surface area contributed by atoms with E-state index >= 15 is 0 Å². The lowest BCUT2D eigenvalue weighted by Crippen LogP contribution is -2.00. The summed E-state index contributed by atoms with van der Waals surface area (Å²) in [5.74, 6) is 1.30. The predicted octanol–water partition coefficient (Wildman–Crippen LogP) is 5.12. The maximum atomic E-state index is 6.09. The summed E-state index contributed by atoms with van der Waals surface area (Å²) in [4.78, 5) is 0. The van der Waals surface area contributed by atoms with Crippen molar-refractivity contribution in [2.75, 3.05) is 0 Å². The lowest BCUT2D eigenvalue weighted by Gasteiger charge is -2.12. The van der Waals surface area contributed by atoms with Crippen molar-refractivity contribution in [3.63, 3.8) is 0 Å². The maximum Gasteiger partial charge on any atom is 0.147 e. The molecule has 5 heteroatoms. The van der Waals surface area contributed by atoms with Gasteiger partial charge in [0.2, 0.25) is 0 Å². The van der Waals surface area contributed by atoms with Gasteiger partial charge in [0.1, 0.15) is 11.5 Å². The summed E-state index contributed by atoms with van der Waals surface area (Å²) in [5, 5.41) is 0.557. The smallest absolute Gasteiger partial charge is 0.147 e. The number of hydrogen-bond donors (Lipinski definition) is 1.